The molecule has 1 heterocycles. The Bertz CT molecular complexity index is 648. The summed E-state index contributed by atoms with van der Waals surface area (Å²) in [6.07, 6.45) is 5.14. The van der Waals surface area contributed by atoms with Gasteiger partial charge in [0.1, 0.15) is 4.90 Å². The third-order valence-electron chi connectivity index (χ3n) is 3.50. The predicted octanol–water partition coefficient (Wildman–Crippen LogP) is 2.25. The SMILES string of the molecule is CCCCc1ccc2c(c1)S(=O)(=O)NC(=NC1CC1)N2. The zero-order valence-electron chi connectivity index (χ0n) is 11.5. The van der Waals surface area contributed by atoms with Crippen molar-refractivity contribution in [1.82, 2.24) is 4.72 Å². The number of fused-ring (bicyclic) bond motifs is 1. The molecular formula is C14H19N3O2S. The third kappa shape index (κ3) is 2.80. The maximum absolute atomic E-state index is 12.3. The van der Waals surface area contributed by atoms with Crippen LogP contribution in [0.3, 0.4) is 0 Å². The summed E-state index contributed by atoms with van der Waals surface area (Å²) in [6.45, 7) is 2.12. The number of hydrogen-bond acceptors (Lipinski definition) is 3. The monoisotopic (exact) mass is 293 g/mol. The van der Waals surface area contributed by atoms with E-state index in [0.29, 0.717) is 16.5 Å². The minimum absolute atomic E-state index is 0.269. The number of anilines is 1. The van der Waals surface area contributed by atoms with Gasteiger partial charge in [0, 0.05) is 0 Å². The summed E-state index contributed by atoms with van der Waals surface area (Å²) in [4.78, 5) is 4.65. The van der Waals surface area contributed by atoms with Gasteiger partial charge in [0.25, 0.3) is 10.0 Å². The second kappa shape index (κ2) is 5.09. The Kier molecular flexibility index (Phi) is 3.41. The highest BCUT2D eigenvalue weighted by atomic mass is 32.2. The average molecular weight is 293 g/mol. The van der Waals surface area contributed by atoms with Crippen molar-refractivity contribution >= 4 is 21.7 Å². The van der Waals surface area contributed by atoms with Crippen molar-refractivity contribution in [3.8, 4) is 0 Å². The molecule has 1 aliphatic carbocycles. The molecule has 1 aromatic rings. The number of hydrogen-bond donors (Lipinski definition) is 2. The Labute approximate surface area is 119 Å². The molecular weight excluding hydrogens is 274 g/mol. The Morgan fingerprint density at radius 2 is 2.15 bits per heavy atom. The minimum atomic E-state index is -3.50. The quantitative estimate of drug-likeness (QED) is 0.894. The molecule has 20 heavy (non-hydrogen) atoms. The molecule has 0 radical (unpaired) electrons. The fraction of sp³-hybridized carbons (Fsp3) is 0.500. The highest BCUT2D eigenvalue weighted by Crippen LogP contribution is 2.28. The molecule has 108 valence electrons. The van der Waals surface area contributed by atoms with Crippen molar-refractivity contribution in [2.75, 3.05) is 5.32 Å². The van der Waals surface area contributed by atoms with Gasteiger partial charge in [-0.15, -0.1) is 0 Å². The second-order valence-corrected chi connectivity index (χ2v) is 7.02. The predicted molar refractivity (Wildman–Crippen MR) is 79.5 cm³/mol. The molecule has 1 fully saturated rings. The summed E-state index contributed by atoms with van der Waals surface area (Å²) in [5.74, 6) is 0.348. The van der Waals surface area contributed by atoms with E-state index in [0.717, 1.165) is 37.7 Å². The molecule has 5 nitrogen and oxygen atoms in total. The third-order valence-corrected chi connectivity index (χ3v) is 4.88. The normalized spacial score (nSPS) is 21.9. The van der Waals surface area contributed by atoms with Crippen LogP contribution < -0.4 is 10.0 Å². The van der Waals surface area contributed by atoms with E-state index in [1.165, 1.54) is 0 Å². The second-order valence-electron chi connectivity index (χ2n) is 5.37. The van der Waals surface area contributed by atoms with Gasteiger partial charge in [-0.2, -0.15) is 0 Å². The zero-order chi connectivity index (χ0) is 14.2. The van der Waals surface area contributed by atoms with E-state index in [2.05, 4.69) is 22.0 Å². The van der Waals surface area contributed by atoms with Crippen LogP contribution in [0.2, 0.25) is 0 Å². The lowest BCUT2D eigenvalue weighted by Crippen LogP contribution is -2.41. The van der Waals surface area contributed by atoms with Crippen LogP contribution in [0, 0.1) is 0 Å². The fourth-order valence-electron chi connectivity index (χ4n) is 2.21. The van der Waals surface area contributed by atoms with E-state index in [4.69, 9.17) is 0 Å². The Morgan fingerprint density at radius 3 is 2.85 bits per heavy atom. The first-order valence-corrected chi connectivity index (χ1v) is 8.57. The number of aryl methyl sites for hydroxylation is 1. The van der Waals surface area contributed by atoms with Gasteiger partial charge in [-0.25, -0.2) is 18.1 Å². The molecule has 2 N–H and O–H groups in total. The van der Waals surface area contributed by atoms with Gasteiger partial charge in [0.2, 0.25) is 5.96 Å². The van der Waals surface area contributed by atoms with Crippen LogP contribution in [0.15, 0.2) is 28.1 Å². The van der Waals surface area contributed by atoms with Gasteiger partial charge in [0.15, 0.2) is 0 Å². The lowest BCUT2D eigenvalue weighted by atomic mass is 10.1. The number of aliphatic imine (C=N–C) groups is 1. The van der Waals surface area contributed by atoms with Crippen LogP contribution in [-0.4, -0.2) is 20.4 Å². The van der Waals surface area contributed by atoms with E-state index < -0.39 is 10.0 Å². The molecule has 0 amide bonds. The highest BCUT2D eigenvalue weighted by Gasteiger charge is 2.29. The van der Waals surface area contributed by atoms with Crippen LogP contribution in [-0.2, 0) is 16.4 Å². The maximum atomic E-state index is 12.3. The average Bonchev–Trinajstić information content (AvgIpc) is 3.20. The van der Waals surface area contributed by atoms with E-state index in [1.807, 2.05) is 12.1 Å². The summed E-state index contributed by atoms with van der Waals surface area (Å²) in [7, 11) is -3.50. The van der Waals surface area contributed by atoms with E-state index in [1.54, 1.807) is 6.07 Å². The Morgan fingerprint density at radius 1 is 1.35 bits per heavy atom. The topological polar surface area (TPSA) is 70.6 Å². The minimum Gasteiger partial charge on any atom is -0.324 e. The molecule has 0 atom stereocenters. The Hall–Kier alpha value is -1.56. The van der Waals surface area contributed by atoms with Gasteiger partial charge in [-0.3, -0.25) is 0 Å². The van der Waals surface area contributed by atoms with Crippen molar-refractivity contribution in [2.24, 2.45) is 4.99 Å². The van der Waals surface area contributed by atoms with E-state index in [9.17, 15) is 8.42 Å². The lowest BCUT2D eigenvalue weighted by molar-refractivity contribution is 0.591. The number of benzene rings is 1. The van der Waals surface area contributed by atoms with Crippen molar-refractivity contribution in [3.63, 3.8) is 0 Å². The number of nitrogens with one attached hydrogen (secondary N) is 2. The molecule has 0 unspecified atom stereocenters. The molecule has 2 aliphatic rings. The molecule has 1 aliphatic heterocycles. The van der Waals surface area contributed by atoms with Crippen molar-refractivity contribution in [2.45, 2.75) is 50.0 Å². The highest BCUT2D eigenvalue weighted by molar-refractivity contribution is 7.90. The molecule has 0 saturated heterocycles. The summed E-state index contributed by atoms with van der Waals surface area (Å²) in [5, 5.41) is 3.07. The first kappa shape index (κ1) is 13.4. The molecule has 3 rings (SSSR count). The summed E-state index contributed by atoms with van der Waals surface area (Å²) >= 11 is 0. The first-order chi connectivity index (χ1) is 9.58. The van der Waals surface area contributed by atoms with E-state index >= 15 is 0 Å². The first-order valence-electron chi connectivity index (χ1n) is 7.09. The smallest absolute Gasteiger partial charge is 0.266 e. The molecule has 6 heteroatoms. The van der Waals surface area contributed by atoms with Crippen LogP contribution >= 0.6 is 0 Å². The van der Waals surface area contributed by atoms with Crippen molar-refractivity contribution in [3.05, 3.63) is 23.8 Å². The summed E-state index contributed by atoms with van der Waals surface area (Å²) in [5.41, 5.74) is 1.67. The van der Waals surface area contributed by atoms with Gasteiger partial charge >= 0.3 is 0 Å². The van der Waals surface area contributed by atoms with Crippen LogP contribution in [0.1, 0.15) is 38.2 Å². The summed E-state index contributed by atoms with van der Waals surface area (Å²) in [6, 6.07) is 5.84. The largest absolute Gasteiger partial charge is 0.324 e. The van der Waals surface area contributed by atoms with Crippen molar-refractivity contribution in [1.29, 1.82) is 0 Å². The number of nitrogens with zero attached hydrogens (tertiary/aromatic N) is 1. The fourth-order valence-corrected chi connectivity index (χ4v) is 3.39. The molecule has 0 aromatic heterocycles. The number of guanidine groups is 1. The van der Waals surface area contributed by atoms with Gasteiger partial charge in [0.05, 0.1) is 11.7 Å². The number of unbranched alkanes of at least 4 members (excludes halogenated alkanes) is 1. The van der Waals surface area contributed by atoms with Gasteiger partial charge < -0.3 is 5.32 Å². The van der Waals surface area contributed by atoms with Crippen LogP contribution in [0.25, 0.3) is 0 Å². The van der Waals surface area contributed by atoms with Crippen LogP contribution in [0.4, 0.5) is 5.69 Å². The maximum Gasteiger partial charge on any atom is 0.266 e. The lowest BCUT2D eigenvalue weighted by Gasteiger charge is -2.22. The molecule has 0 spiro atoms. The molecule has 1 saturated carbocycles. The van der Waals surface area contributed by atoms with Gasteiger partial charge in [-0.1, -0.05) is 19.4 Å². The van der Waals surface area contributed by atoms with E-state index in [-0.39, 0.29) is 6.04 Å². The number of rotatable bonds is 4. The standard InChI is InChI=1S/C14H19N3O2S/c1-2-3-4-10-5-8-12-13(9-10)20(18,19)17-14(16-12)15-11-6-7-11/h5,8-9,11H,2-4,6-7H2,1H3,(H2,15,16,17). The summed E-state index contributed by atoms with van der Waals surface area (Å²) < 4.78 is 27.1. The van der Waals surface area contributed by atoms with Crippen molar-refractivity contribution < 1.29 is 8.42 Å². The van der Waals surface area contributed by atoms with Crippen LogP contribution in [0.5, 0.6) is 0 Å². The Balaban J connectivity index is 1.91. The van der Waals surface area contributed by atoms with Gasteiger partial charge in [-0.05, 0) is 43.4 Å². The molecule has 1 aromatic carbocycles. The zero-order valence-corrected chi connectivity index (χ0v) is 12.3. The number of sulfonamides is 1. The molecule has 0 bridgehead atoms.